The van der Waals surface area contributed by atoms with Crippen LogP contribution in [0.25, 0.3) is 0 Å². The summed E-state index contributed by atoms with van der Waals surface area (Å²) in [5.74, 6) is 1.20. The van der Waals surface area contributed by atoms with Crippen LogP contribution in [0.5, 0.6) is 0 Å². The average molecular weight is 345 g/mol. The monoisotopic (exact) mass is 345 g/mol. The lowest BCUT2D eigenvalue weighted by Gasteiger charge is -2.24. The SMILES string of the molecule is O=C(C1CCCS1)N(CCO)Cc1cnn(Cc2ccccc2)c1. The molecule has 1 aliphatic heterocycles. The summed E-state index contributed by atoms with van der Waals surface area (Å²) in [7, 11) is 0. The summed E-state index contributed by atoms with van der Waals surface area (Å²) < 4.78 is 1.89. The first kappa shape index (κ1) is 17.0. The highest BCUT2D eigenvalue weighted by Gasteiger charge is 2.27. The van der Waals surface area contributed by atoms with Gasteiger partial charge in [-0.3, -0.25) is 9.48 Å². The minimum atomic E-state index is -0.0126. The van der Waals surface area contributed by atoms with E-state index in [1.807, 2.05) is 35.3 Å². The Morgan fingerprint density at radius 2 is 2.17 bits per heavy atom. The van der Waals surface area contributed by atoms with Gasteiger partial charge in [-0.1, -0.05) is 30.3 Å². The van der Waals surface area contributed by atoms with Gasteiger partial charge in [0.15, 0.2) is 0 Å². The Labute approximate surface area is 146 Å². The van der Waals surface area contributed by atoms with E-state index in [0.717, 1.165) is 24.2 Å². The van der Waals surface area contributed by atoms with E-state index in [0.29, 0.717) is 19.6 Å². The number of aromatic nitrogens is 2. The highest BCUT2D eigenvalue weighted by Crippen LogP contribution is 2.28. The molecular weight excluding hydrogens is 322 g/mol. The zero-order valence-electron chi connectivity index (χ0n) is 13.7. The molecule has 0 saturated carbocycles. The summed E-state index contributed by atoms with van der Waals surface area (Å²) in [6.45, 7) is 1.58. The van der Waals surface area contributed by atoms with Crippen molar-refractivity contribution in [3.63, 3.8) is 0 Å². The third-order valence-electron chi connectivity index (χ3n) is 4.13. The van der Waals surface area contributed by atoms with Crippen LogP contribution in [-0.2, 0) is 17.9 Å². The molecule has 1 unspecified atom stereocenters. The number of thioether (sulfide) groups is 1. The third-order valence-corrected chi connectivity index (χ3v) is 5.50. The normalized spacial score (nSPS) is 17.1. The Bertz CT molecular complexity index is 653. The Morgan fingerprint density at radius 1 is 1.33 bits per heavy atom. The molecule has 1 atom stereocenters. The second-order valence-electron chi connectivity index (χ2n) is 6.02. The molecule has 128 valence electrons. The fraction of sp³-hybridized carbons (Fsp3) is 0.444. The van der Waals surface area contributed by atoms with Crippen molar-refractivity contribution in [3.05, 3.63) is 53.9 Å². The Balaban J connectivity index is 1.63. The smallest absolute Gasteiger partial charge is 0.236 e. The number of hydrogen-bond donors (Lipinski definition) is 1. The average Bonchev–Trinajstić information content (AvgIpc) is 3.27. The quantitative estimate of drug-likeness (QED) is 0.835. The molecule has 1 aliphatic rings. The molecule has 6 heteroatoms. The lowest BCUT2D eigenvalue weighted by atomic mass is 10.2. The second kappa shape index (κ2) is 8.35. The van der Waals surface area contributed by atoms with Crippen LogP contribution in [0.2, 0.25) is 0 Å². The molecule has 0 spiro atoms. The Morgan fingerprint density at radius 3 is 2.88 bits per heavy atom. The van der Waals surface area contributed by atoms with Crippen LogP contribution in [0.3, 0.4) is 0 Å². The van der Waals surface area contributed by atoms with Gasteiger partial charge >= 0.3 is 0 Å². The Kier molecular flexibility index (Phi) is 5.93. The van der Waals surface area contributed by atoms with E-state index < -0.39 is 0 Å². The van der Waals surface area contributed by atoms with Crippen molar-refractivity contribution in [3.8, 4) is 0 Å². The summed E-state index contributed by atoms with van der Waals surface area (Å²) in [5, 5.41) is 13.7. The maximum atomic E-state index is 12.6. The van der Waals surface area contributed by atoms with Gasteiger partial charge in [0.2, 0.25) is 5.91 Å². The number of carbonyl (C=O) groups excluding carboxylic acids is 1. The zero-order chi connectivity index (χ0) is 16.8. The molecule has 1 aromatic heterocycles. The maximum Gasteiger partial charge on any atom is 0.236 e. The molecule has 3 rings (SSSR count). The maximum absolute atomic E-state index is 12.6. The van der Waals surface area contributed by atoms with E-state index in [1.54, 1.807) is 16.7 Å². The number of aliphatic hydroxyl groups is 1. The van der Waals surface area contributed by atoms with E-state index in [1.165, 1.54) is 5.56 Å². The first-order valence-electron chi connectivity index (χ1n) is 8.33. The van der Waals surface area contributed by atoms with Crippen molar-refractivity contribution in [2.45, 2.75) is 31.2 Å². The van der Waals surface area contributed by atoms with Gasteiger partial charge in [0.25, 0.3) is 0 Å². The highest BCUT2D eigenvalue weighted by molar-refractivity contribution is 8.00. The summed E-state index contributed by atoms with van der Waals surface area (Å²) in [6.07, 6.45) is 5.83. The topological polar surface area (TPSA) is 58.4 Å². The summed E-state index contributed by atoms with van der Waals surface area (Å²) >= 11 is 1.73. The van der Waals surface area contributed by atoms with E-state index >= 15 is 0 Å². The lowest BCUT2D eigenvalue weighted by molar-refractivity contribution is -0.131. The molecule has 1 aromatic carbocycles. The highest BCUT2D eigenvalue weighted by atomic mass is 32.2. The van der Waals surface area contributed by atoms with Crippen molar-refractivity contribution >= 4 is 17.7 Å². The first-order valence-corrected chi connectivity index (χ1v) is 9.37. The van der Waals surface area contributed by atoms with Gasteiger partial charge in [-0.15, -0.1) is 11.8 Å². The summed E-state index contributed by atoms with van der Waals surface area (Å²) in [4.78, 5) is 14.4. The minimum absolute atomic E-state index is 0.0126. The number of hydrogen-bond acceptors (Lipinski definition) is 4. The molecule has 24 heavy (non-hydrogen) atoms. The van der Waals surface area contributed by atoms with E-state index in [-0.39, 0.29) is 17.8 Å². The molecule has 0 bridgehead atoms. The Hall–Kier alpha value is -1.79. The van der Waals surface area contributed by atoms with Crippen LogP contribution in [0.4, 0.5) is 0 Å². The number of carbonyl (C=O) groups is 1. The molecule has 0 aliphatic carbocycles. The molecular formula is C18H23N3O2S. The fourth-order valence-electron chi connectivity index (χ4n) is 2.93. The summed E-state index contributed by atoms with van der Waals surface area (Å²) in [6, 6.07) is 10.2. The van der Waals surface area contributed by atoms with Crippen molar-refractivity contribution in [2.75, 3.05) is 18.9 Å². The third kappa shape index (κ3) is 4.39. The first-order chi connectivity index (χ1) is 11.8. The van der Waals surface area contributed by atoms with Crippen molar-refractivity contribution in [1.29, 1.82) is 0 Å². The molecule has 2 aromatic rings. The van der Waals surface area contributed by atoms with Crippen LogP contribution in [0.15, 0.2) is 42.7 Å². The second-order valence-corrected chi connectivity index (χ2v) is 7.33. The van der Waals surface area contributed by atoms with Gasteiger partial charge in [0.1, 0.15) is 0 Å². The van der Waals surface area contributed by atoms with Gasteiger partial charge in [-0.05, 0) is 24.2 Å². The van der Waals surface area contributed by atoms with Crippen molar-refractivity contribution < 1.29 is 9.90 Å². The minimum Gasteiger partial charge on any atom is -0.395 e. The molecule has 1 N–H and O–H groups in total. The predicted octanol–water partition coefficient (Wildman–Crippen LogP) is 2.15. The molecule has 2 heterocycles. The van der Waals surface area contributed by atoms with Gasteiger partial charge in [-0.25, -0.2) is 0 Å². The number of benzene rings is 1. The van der Waals surface area contributed by atoms with Crippen LogP contribution >= 0.6 is 11.8 Å². The van der Waals surface area contributed by atoms with Gasteiger partial charge in [-0.2, -0.15) is 5.10 Å². The number of nitrogens with zero attached hydrogens (tertiary/aromatic N) is 3. The van der Waals surface area contributed by atoms with E-state index in [9.17, 15) is 9.90 Å². The zero-order valence-corrected chi connectivity index (χ0v) is 14.5. The van der Waals surface area contributed by atoms with E-state index in [2.05, 4.69) is 17.2 Å². The number of rotatable bonds is 7. The van der Waals surface area contributed by atoms with Gasteiger partial charge in [0, 0.05) is 24.8 Å². The van der Waals surface area contributed by atoms with Crippen LogP contribution in [0, 0.1) is 0 Å². The standard InChI is InChI=1S/C18H23N3O2S/c22-9-8-20(18(23)17-7-4-10-24-17)12-16-11-19-21(14-16)13-15-5-2-1-3-6-15/h1-3,5-6,11,14,17,22H,4,7-10,12-13H2. The fourth-order valence-corrected chi connectivity index (χ4v) is 4.17. The van der Waals surface area contributed by atoms with Crippen molar-refractivity contribution in [1.82, 2.24) is 14.7 Å². The van der Waals surface area contributed by atoms with Gasteiger partial charge in [0.05, 0.1) is 24.6 Å². The molecule has 0 radical (unpaired) electrons. The molecule has 5 nitrogen and oxygen atoms in total. The van der Waals surface area contributed by atoms with E-state index in [4.69, 9.17) is 0 Å². The summed E-state index contributed by atoms with van der Waals surface area (Å²) in [5.41, 5.74) is 2.19. The lowest BCUT2D eigenvalue weighted by Crippen LogP contribution is -2.38. The number of amides is 1. The molecule has 1 fully saturated rings. The van der Waals surface area contributed by atoms with Crippen LogP contribution < -0.4 is 0 Å². The molecule has 1 saturated heterocycles. The largest absolute Gasteiger partial charge is 0.395 e. The van der Waals surface area contributed by atoms with Crippen LogP contribution in [0.1, 0.15) is 24.0 Å². The molecule has 1 amide bonds. The number of aliphatic hydroxyl groups excluding tert-OH is 1. The predicted molar refractivity (Wildman–Crippen MR) is 95.8 cm³/mol. The van der Waals surface area contributed by atoms with Crippen LogP contribution in [-0.4, -0.2) is 49.8 Å². The van der Waals surface area contributed by atoms with Crippen molar-refractivity contribution in [2.24, 2.45) is 0 Å². The van der Waals surface area contributed by atoms with Gasteiger partial charge < -0.3 is 10.0 Å².